The van der Waals surface area contributed by atoms with Gasteiger partial charge in [0.25, 0.3) is 0 Å². The summed E-state index contributed by atoms with van der Waals surface area (Å²) in [5.41, 5.74) is 0.525. The standard InChI is InChI=1S/C14H19NO5S/c1-10(13-6-3-7-20-13)15-21(18,19)9-11-4-2-5-12(8-11)14(16)17/h2,4-5,8,10,13,15H,3,6-7,9H2,1H3,(H,16,17). The number of carboxylic acids is 1. The lowest BCUT2D eigenvalue weighted by atomic mass is 10.1. The zero-order valence-electron chi connectivity index (χ0n) is 11.8. The molecule has 0 bridgehead atoms. The van der Waals surface area contributed by atoms with Gasteiger partial charge < -0.3 is 9.84 Å². The Morgan fingerprint density at radius 1 is 1.52 bits per heavy atom. The fourth-order valence-electron chi connectivity index (χ4n) is 2.41. The monoisotopic (exact) mass is 313 g/mol. The Bertz CT molecular complexity index is 608. The highest BCUT2D eigenvalue weighted by atomic mass is 32.2. The maximum atomic E-state index is 12.1. The van der Waals surface area contributed by atoms with Crippen LogP contribution >= 0.6 is 0 Å². The van der Waals surface area contributed by atoms with Crippen molar-refractivity contribution in [3.8, 4) is 0 Å². The van der Waals surface area contributed by atoms with Gasteiger partial charge in [-0.1, -0.05) is 12.1 Å². The molecular weight excluding hydrogens is 294 g/mol. The zero-order valence-corrected chi connectivity index (χ0v) is 12.6. The van der Waals surface area contributed by atoms with Crippen molar-refractivity contribution in [2.45, 2.75) is 37.7 Å². The molecule has 0 aromatic heterocycles. The number of nitrogens with one attached hydrogen (secondary N) is 1. The Morgan fingerprint density at radius 3 is 2.90 bits per heavy atom. The van der Waals surface area contributed by atoms with E-state index < -0.39 is 16.0 Å². The molecule has 1 aliphatic rings. The molecule has 2 atom stereocenters. The van der Waals surface area contributed by atoms with Gasteiger partial charge in [0.05, 0.1) is 17.4 Å². The van der Waals surface area contributed by atoms with Crippen LogP contribution in [0.4, 0.5) is 0 Å². The molecule has 1 fully saturated rings. The molecule has 2 N–H and O–H groups in total. The number of hydrogen-bond acceptors (Lipinski definition) is 4. The van der Waals surface area contributed by atoms with Gasteiger partial charge in [0.15, 0.2) is 0 Å². The van der Waals surface area contributed by atoms with E-state index in [2.05, 4.69) is 4.72 Å². The van der Waals surface area contributed by atoms with Gasteiger partial charge in [-0.15, -0.1) is 0 Å². The minimum absolute atomic E-state index is 0.0786. The van der Waals surface area contributed by atoms with E-state index in [1.54, 1.807) is 13.0 Å². The van der Waals surface area contributed by atoms with Crippen molar-refractivity contribution in [2.75, 3.05) is 6.61 Å². The predicted octanol–water partition coefficient (Wildman–Crippen LogP) is 1.37. The molecule has 21 heavy (non-hydrogen) atoms. The number of benzene rings is 1. The van der Waals surface area contributed by atoms with E-state index in [0.717, 1.165) is 12.8 Å². The number of carboxylic acid groups (broad SMARTS) is 1. The fraction of sp³-hybridized carbons (Fsp3) is 0.500. The number of aromatic carboxylic acids is 1. The van der Waals surface area contributed by atoms with Crippen LogP contribution in [0, 0.1) is 0 Å². The summed E-state index contributed by atoms with van der Waals surface area (Å²) in [6.45, 7) is 2.44. The van der Waals surface area contributed by atoms with Gasteiger partial charge in [-0.05, 0) is 37.5 Å². The number of carbonyl (C=O) groups is 1. The number of ether oxygens (including phenoxy) is 1. The molecule has 1 aliphatic heterocycles. The summed E-state index contributed by atoms with van der Waals surface area (Å²) in [7, 11) is -3.54. The van der Waals surface area contributed by atoms with E-state index in [4.69, 9.17) is 9.84 Å². The third-order valence-electron chi connectivity index (χ3n) is 3.42. The van der Waals surface area contributed by atoms with Crippen molar-refractivity contribution < 1.29 is 23.1 Å². The van der Waals surface area contributed by atoms with E-state index in [0.29, 0.717) is 12.2 Å². The summed E-state index contributed by atoms with van der Waals surface area (Å²) in [5, 5.41) is 8.91. The molecule has 2 unspecified atom stereocenters. The molecule has 6 nitrogen and oxygen atoms in total. The number of sulfonamides is 1. The van der Waals surface area contributed by atoms with Crippen LogP contribution in [0.1, 0.15) is 35.7 Å². The Balaban J connectivity index is 2.03. The van der Waals surface area contributed by atoms with E-state index >= 15 is 0 Å². The quantitative estimate of drug-likeness (QED) is 0.827. The molecule has 7 heteroatoms. The second-order valence-corrected chi connectivity index (χ2v) is 6.98. The molecule has 0 spiro atoms. The molecule has 1 heterocycles. The molecule has 116 valence electrons. The first-order chi connectivity index (χ1) is 9.87. The van der Waals surface area contributed by atoms with Crippen LogP contribution in [0.2, 0.25) is 0 Å². The van der Waals surface area contributed by atoms with Gasteiger partial charge in [-0.3, -0.25) is 0 Å². The molecule has 0 radical (unpaired) electrons. The van der Waals surface area contributed by atoms with E-state index in [9.17, 15) is 13.2 Å². The van der Waals surface area contributed by atoms with Crippen LogP contribution in [-0.4, -0.2) is 38.2 Å². The van der Waals surface area contributed by atoms with Crippen LogP contribution in [-0.2, 0) is 20.5 Å². The molecule has 2 rings (SSSR count). The first kappa shape index (κ1) is 15.9. The molecule has 1 aromatic rings. The maximum Gasteiger partial charge on any atom is 0.335 e. The van der Waals surface area contributed by atoms with E-state index in [1.165, 1.54) is 18.2 Å². The Kier molecular flexibility index (Phi) is 4.97. The Morgan fingerprint density at radius 2 is 2.29 bits per heavy atom. The normalized spacial score (nSPS) is 20.3. The lowest BCUT2D eigenvalue weighted by Gasteiger charge is -2.20. The summed E-state index contributed by atoms with van der Waals surface area (Å²) in [4.78, 5) is 10.9. The van der Waals surface area contributed by atoms with Crippen LogP contribution in [0.5, 0.6) is 0 Å². The van der Waals surface area contributed by atoms with Crippen LogP contribution < -0.4 is 4.72 Å². The molecule has 1 saturated heterocycles. The largest absolute Gasteiger partial charge is 0.478 e. The van der Waals surface area contributed by atoms with Crippen molar-refractivity contribution in [1.29, 1.82) is 0 Å². The minimum atomic E-state index is -3.54. The van der Waals surface area contributed by atoms with Gasteiger partial charge in [0, 0.05) is 12.6 Å². The average Bonchev–Trinajstić information content (AvgIpc) is 2.91. The molecule has 0 amide bonds. The van der Waals surface area contributed by atoms with E-state index in [-0.39, 0.29) is 23.5 Å². The second kappa shape index (κ2) is 6.55. The number of rotatable bonds is 6. The third-order valence-corrected chi connectivity index (χ3v) is 4.86. The SMILES string of the molecule is CC(NS(=O)(=O)Cc1cccc(C(=O)O)c1)C1CCCO1. The van der Waals surface area contributed by atoms with Crippen molar-refractivity contribution in [3.63, 3.8) is 0 Å². The van der Waals surface area contributed by atoms with Crippen LogP contribution in [0.25, 0.3) is 0 Å². The third kappa shape index (κ3) is 4.52. The lowest BCUT2D eigenvalue weighted by molar-refractivity contribution is 0.0696. The average molecular weight is 313 g/mol. The highest BCUT2D eigenvalue weighted by Crippen LogP contribution is 2.17. The topological polar surface area (TPSA) is 92.7 Å². The smallest absolute Gasteiger partial charge is 0.335 e. The fourth-order valence-corrected chi connectivity index (χ4v) is 3.83. The highest BCUT2D eigenvalue weighted by molar-refractivity contribution is 7.88. The van der Waals surface area contributed by atoms with Crippen LogP contribution in [0.3, 0.4) is 0 Å². The van der Waals surface area contributed by atoms with Gasteiger partial charge in [-0.2, -0.15) is 0 Å². The summed E-state index contributed by atoms with van der Waals surface area (Å²) >= 11 is 0. The minimum Gasteiger partial charge on any atom is -0.478 e. The summed E-state index contributed by atoms with van der Waals surface area (Å²) in [6.07, 6.45) is 1.69. The van der Waals surface area contributed by atoms with Crippen molar-refractivity contribution in [2.24, 2.45) is 0 Å². The molecule has 0 saturated carbocycles. The Labute approximate surface area is 124 Å². The molecule has 0 aliphatic carbocycles. The van der Waals surface area contributed by atoms with E-state index in [1.807, 2.05) is 0 Å². The first-order valence-corrected chi connectivity index (χ1v) is 8.46. The Hall–Kier alpha value is -1.44. The highest BCUT2D eigenvalue weighted by Gasteiger charge is 2.26. The lowest BCUT2D eigenvalue weighted by Crippen LogP contribution is -2.41. The summed E-state index contributed by atoms with van der Waals surface area (Å²) < 4.78 is 32.3. The molecular formula is C14H19NO5S. The summed E-state index contributed by atoms with van der Waals surface area (Å²) in [5.74, 6) is -1.32. The van der Waals surface area contributed by atoms with Gasteiger partial charge in [0.1, 0.15) is 0 Å². The van der Waals surface area contributed by atoms with Gasteiger partial charge >= 0.3 is 5.97 Å². The number of hydrogen-bond donors (Lipinski definition) is 2. The molecule has 1 aromatic carbocycles. The van der Waals surface area contributed by atoms with Crippen molar-refractivity contribution >= 4 is 16.0 Å². The summed E-state index contributed by atoms with van der Waals surface area (Å²) in [6, 6.07) is 5.65. The van der Waals surface area contributed by atoms with Crippen molar-refractivity contribution in [1.82, 2.24) is 4.72 Å². The first-order valence-electron chi connectivity index (χ1n) is 6.81. The predicted molar refractivity (Wildman–Crippen MR) is 77.6 cm³/mol. The van der Waals surface area contributed by atoms with Gasteiger partial charge in [-0.25, -0.2) is 17.9 Å². The van der Waals surface area contributed by atoms with Crippen LogP contribution in [0.15, 0.2) is 24.3 Å². The van der Waals surface area contributed by atoms with Gasteiger partial charge in [0.2, 0.25) is 10.0 Å². The van der Waals surface area contributed by atoms with Crippen molar-refractivity contribution in [3.05, 3.63) is 35.4 Å². The second-order valence-electron chi connectivity index (χ2n) is 5.22. The maximum absolute atomic E-state index is 12.1. The zero-order chi connectivity index (χ0) is 15.5.